The highest BCUT2D eigenvalue weighted by atomic mass is 35.5. The van der Waals surface area contributed by atoms with E-state index in [1.165, 1.54) is 0 Å². The number of amides is 1. The number of rotatable bonds is 2. The smallest absolute Gasteiger partial charge is 0.313 e. The van der Waals surface area contributed by atoms with Crippen LogP contribution in [0.25, 0.3) is 0 Å². The summed E-state index contributed by atoms with van der Waals surface area (Å²) < 4.78 is 5.39. The van der Waals surface area contributed by atoms with E-state index in [-0.39, 0.29) is 0 Å². The number of nitrogens with one attached hydrogen (secondary N) is 1. The summed E-state index contributed by atoms with van der Waals surface area (Å²) in [6, 6.07) is 14.5. The van der Waals surface area contributed by atoms with Crippen molar-refractivity contribution in [2.75, 3.05) is 5.32 Å². The monoisotopic (exact) mass is 370 g/mol. The summed E-state index contributed by atoms with van der Waals surface area (Å²) in [6.07, 6.45) is -1.27. The van der Waals surface area contributed by atoms with Crippen molar-refractivity contribution < 1.29 is 14.3 Å². The first kappa shape index (κ1) is 18.1. The number of aliphatic imine (C=N–C) groups is 1. The van der Waals surface area contributed by atoms with E-state index in [4.69, 9.17) is 16.3 Å². The Morgan fingerprint density at radius 2 is 1.85 bits per heavy atom. The zero-order valence-electron chi connectivity index (χ0n) is 14.7. The highest BCUT2D eigenvalue weighted by molar-refractivity contribution is 6.32. The van der Waals surface area contributed by atoms with Gasteiger partial charge in [-0.15, -0.1) is 0 Å². The van der Waals surface area contributed by atoms with Gasteiger partial charge in [-0.25, -0.2) is 4.99 Å². The van der Waals surface area contributed by atoms with Gasteiger partial charge in [-0.1, -0.05) is 41.9 Å². The second-order valence-corrected chi connectivity index (χ2v) is 7.47. The topological polar surface area (TPSA) is 67.8 Å². The molecule has 3 rings (SSSR count). The molecule has 6 heteroatoms. The van der Waals surface area contributed by atoms with Gasteiger partial charge in [0.25, 0.3) is 12.1 Å². The van der Waals surface area contributed by atoms with Gasteiger partial charge in [0, 0.05) is 16.1 Å². The molecule has 1 N–H and O–H groups in total. The quantitative estimate of drug-likeness (QED) is 0.811. The number of esters is 1. The zero-order valence-corrected chi connectivity index (χ0v) is 15.5. The molecule has 0 fully saturated rings. The van der Waals surface area contributed by atoms with Gasteiger partial charge < -0.3 is 10.1 Å². The van der Waals surface area contributed by atoms with Crippen LogP contribution >= 0.6 is 11.6 Å². The number of halogens is 1. The predicted molar refractivity (Wildman–Crippen MR) is 101 cm³/mol. The molecule has 5 nitrogen and oxygen atoms in total. The lowest BCUT2D eigenvalue weighted by molar-refractivity contribution is -0.161. The first-order valence-corrected chi connectivity index (χ1v) is 8.58. The Balaban J connectivity index is 2.11. The molecule has 1 aliphatic rings. The lowest BCUT2D eigenvalue weighted by Gasteiger charge is -2.19. The van der Waals surface area contributed by atoms with Crippen LogP contribution in [0.1, 0.15) is 31.9 Å². The Bertz CT molecular complexity index is 886. The molecule has 1 amide bonds. The average Bonchev–Trinajstić information content (AvgIpc) is 2.72. The van der Waals surface area contributed by atoms with Crippen molar-refractivity contribution in [2.45, 2.75) is 27.0 Å². The van der Waals surface area contributed by atoms with Crippen LogP contribution in [-0.4, -0.2) is 23.8 Å². The number of carbonyl (C=O) groups excluding carboxylic acids is 2. The highest BCUT2D eigenvalue weighted by Gasteiger charge is 2.32. The molecule has 0 saturated heterocycles. The van der Waals surface area contributed by atoms with E-state index in [1.807, 2.05) is 30.3 Å². The molecule has 0 spiro atoms. The zero-order chi connectivity index (χ0) is 18.9. The van der Waals surface area contributed by atoms with Gasteiger partial charge >= 0.3 is 5.97 Å². The molecular formula is C20H19ClN2O3. The van der Waals surface area contributed by atoms with Crippen LogP contribution < -0.4 is 5.32 Å². The second-order valence-electron chi connectivity index (χ2n) is 7.03. The summed E-state index contributed by atoms with van der Waals surface area (Å²) in [6.45, 7) is 5.17. The minimum Gasteiger partial charge on any atom is -0.430 e. The molecule has 0 saturated carbocycles. The molecule has 0 unspecified atom stereocenters. The van der Waals surface area contributed by atoms with E-state index in [2.05, 4.69) is 10.3 Å². The minimum atomic E-state index is -1.27. The van der Waals surface area contributed by atoms with Gasteiger partial charge in [0.1, 0.15) is 0 Å². The first-order chi connectivity index (χ1) is 12.3. The summed E-state index contributed by atoms with van der Waals surface area (Å²) >= 11 is 6.15. The molecule has 0 radical (unpaired) electrons. The average molecular weight is 371 g/mol. The van der Waals surface area contributed by atoms with Crippen LogP contribution in [0.4, 0.5) is 5.69 Å². The van der Waals surface area contributed by atoms with Crippen LogP contribution in [0.3, 0.4) is 0 Å². The van der Waals surface area contributed by atoms with Gasteiger partial charge in [-0.3, -0.25) is 9.59 Å². The summed E-state index contributed by atoms with van der Waals surface area (Å²) in [5.74, 6) is -1.00. The van der Waals surface area contributed by atoms with Crippen molar-refractivity contribution in [3.8, 4) is 0 Å². The fourth-order valence-corrected chi connectivity index (χ4v) is 2.62. The Morgan fingerprint density at radius 3 is 2.50 bits per heavy atom. The molecule has 26 heavy (non-hydrogen) atoms. The number of benzene rings is 2. The Hall–Kier alpha value is -2.66. The molecule has 0 aromatic heterocycles. The number of hydrogen-bond donors (Lipinski definition) is 1. The number of fused-ring (bicyclic) bond motifs is 1. The van der Waals surface area contributed by atoms with Gasteiger partial charge in [0.05, 0.1) is 16.8 Å². The number of nitrogens with zero attached hydrogens (tertiary/aromatic N) is 1. The summed E-state index contributed by atoms with van der Waals surface area (Å²) in [4.78, 5) is 29.3. The summed E-state index contributed by atoms with van der Waals surface area (Å²) in [5.41, 5.74) is 1.82. The largest absolute Gasteiger partial charge is 0.430 e. The number of benzodiazepines with no additional fused rings is 1. The second kappa shape index (κ2) is 6.92. The van der Waals surface area contributed by atoms with Gasteiger partial charge in [0.15, 0.2) is 0 Å². The SMILES string of the molecule is CC(C)(C)C(=O)O[C@H]1N=C(c2ccccc2)c2cc(Cl)ccc2NC1=O. The maximum absolute atomic E-state index is 12.6. The van der Waals surface area contributed by atoms with Crippen molar-refractivity contribution in [2.24, 2.45) is 10.4 Å². The lowest BCUT2D eigenvalue weighted by atomic mass is 9.97. The van der Waals surface area contributed by atoms with Gasteiger partial charge in [-0.2, -0.15) is 0 Å². The van der Waals surface area contributed by atoms with Gasteiger partial charge in [0.2, 0.25) is 0 Å². The van der Waals surface area contributed by atoms with Crippen molar-refractivity contribution in [1.82, 2.24) is 0 Å². The molecule has 134 valence electrons. The molecular weight excluding hydrogens is 352 g/mol. The number of ether oxygens (including phenoxy) is 1. The first-order valence-electron chi connectivity index (χ1n) is 8.21. The van der Waals surface area contributed by atoms with Crippen molar-refractivity contribution in [1.29, 1.82) is 0 Å². The maximum Gasteiger partial charge on any atom is 0.313 e. The lowest BCUT2D eigenvalue weighted by Crippen LogP contribution is -2.34. The van der Waals surface area contributed by atoms with Crippen molar-refractivity contribution in [3.63, 3.8) is 0 Å². The van der Waals surface area contributed by atoms with Crippen molar-refractivity contribution >= 4 is 34.9 Å². The van der Waals surface area contributed by atoms with Crippen LogP contribution in [0.15, 0.2) is 53.5 Å². The molecule has 0 bridgehead atoms. The van der Waals surface area contributed by atoms with Gasteiger partial charge in [-0.05, 0) is 39.0 Å². The minimum absolute atomic E-state index is 0.502. The van der Waals surface area contributed by atoms with E-state index in [1.54, 1.807) is 39.0 Å². The summed E-state index contributed by atoms with van der Waals surface area (Å²) in [5, 5.41) is 3.29. The maximum atomic E-state index is 12.6. The Kier molecular flexibility index (Phi) is 4.83. The highest BCUT2D eigenvalue weighted by Crippen LogP contribution is 2.28. The molecule has 1 atom stereocenters. The van der Waals surface area contributed by atoms with E-state index < -0.39 is 23.5 Å². The Morgan fingerprint density at radius 1 is 1.15 bits per heavy atom. The number of anilines is 1. The van der Waals surface area contributed by atoms with Crippen LogP contribution in [-0.2, 0) is 14.3 Å². The summed E-state index contributed by atoms with van der Waals surface area (Å²) in [7, 11) is 0. The van der Waals surface area contributed by atoms with E-state index in [9.17, 15) is 9.59 Å². The van der Waals surface area contributed by atoms with E-state index >= 15 is 0 Å². The molecule has 2 aromatic carbocycles. The molecule has 1 aliphatic heterocycles. The third kappa shape index (κ3) is 3.78. The molecule has 2 aromatic rings. The van der Waals surface area contributed by atoms with Crippen LogP contribution in [0.5, 0.6) is 0 Å². The van der Waals surface area contributed by atoms with Crippen molar-refractivity contribution in [3.05, 3.63) is 64.7 Å². The standard InChI is InChI=1S/C20H19ClN2O3/c1-20(2,3)19(25)26-18-17(24)22-15-10-9-13(21)11-14(15)16(23-18)12-7-5-4-6-8-12/h4-11,18H,1-3H3,(H,22,24)/t18-/m1/s1. The van der Waals surface area contributed by atoms with Crippen LogP contribution in [0.2, 0.25) is 5.02 Å². The van der Waals surface area contributed by atoms with Crippen LogP contribution in [0, 0.1) is 5.41 Å². The third-order valence-corrected chi connectivity index (χ3v) is 4.08. The normalized spacial score (nSPS) is 16.8. The predicted octanol–water partition coefficient (Wildman–Crippen LogP) is 4.04. The number of hydrogen-bond acceptors (Lipinski definition) is 4. The molecule has 0 aliphatic carbocycles. The van der Waals surface area contributed by atoms with E-state index in [0.717, 1.165) is 5.56 Å². The van der Waals surface area contributed by atoms with E-state index in [0.29, 0.717) is 22.0 Å². The number of carbonyl (C=O) groups is 2. The Labute approximate surface area is 157 Å². The fraction of sp³-hybridized carbons (Fsp3) is 0.250. The fourth-order valence-electron chi connectivity index (χ4n) is 2.45. The molecule has 1 heterocycles. The third-order valence-electron chi connectivity index (χ3n) is 3.84.